The third-order valence-corrected chi connectivity index (χ3v) is 10.5. The van der Waals surface area contributed by atoms with E-state index < -0.39 is 0 Å². The molecule has 1 heterocycles. The van der Waals surface area contributed by atoms with E-state index in [0.29, 0.717) is 57.7 Å². The Kier molecular flexibility index (Phi) is 20.1. The van der Waals surface area contributed by atoms with Crippen molar-refractivity contribution in [2.75, 3.05) is 38.0 Å². The molecule has 0 saturated heterocycles. The highest BCUT2D eigenvalue weighted by molar-refractivity contribution is 7.22. The van der Waals surface area contributed by atoms with E-state index in [4.69, 9.17) is 38.5 Å². The number of aromatic nitrogens is 1. The van der Waals surface area contributed by atoms with Crippen LogP contribution in [0.3, 0.4) is 0 Å². The molecule has 0 saturated carbocycles. The third kappa shape index (κ3) is 16.6. The number of thiazole rings is 1. The maximum Gasteiger partial charge on any atom is 0.330 e. The van der Waals surface area contributed by atoms with Crippen molar-refractivity contribution in [2.24, 2.45) is 5.10 Å². The molecule has 12 heteroatoms. The van der Waals surface area contributed by atoms with Crippen LogP contribution in [0.5, 0.6) is 23.0 Å². The summed E-state index contributed by atoms with van der Waals surface area (Å²) in [6.45, 7) is 14.1. The first-order valence-corrected chi connectivity index (χ1v) is 21.9. The number of anilines is 1. The number of carbonyl (C=O) groups is 2. The van der Waals surface area contributed by atoms with Crippen molar-refractivity contribution in [3.63, 3.8) is 0 Å². The Hall–Kier alpha value is -6.40. The minimum Gasteiger partial charge on any atom is -0.494 e. The first kappa shape index (κ1) is 46.7. The monoisotopic (exact) mass is 859 g/mol. The Labute approximate surface area is 369 Å². The van der Waals surface area contributed by atoms with E-state index in [1.807, 2.05) is 96.0 Å². The molecular formula is C50H57N3O8S. The summed E-state index contributed by atoms with van der Waals surface area (Å²) >= 11 is 1.59. The first-order chi connectivity index (χ1) is 30.4. The molecule has 62 heavy (non-hydrogen) atoms. The van der Waals surface area contributed by atoms with Crippen LogP contribution in [0.25, 0.3) is 10.2 Å². The highest BCUT2D eigenvalue weighted by Crippen LogP contribution is 2.30. The Morgan fingerprint density at radius 3 is 1.74 bits per heavy atom. The summed E-state index contributed by atoms with van der Waals surface area (Å²) in [6, 6.07) is 29.7. The second kappa shape index (κ2) is 26.7. The lowest BCUT2D eigenvalue weighted by molar-refractivity contribution is -0.138. The topological polar surface area (TPSA) is 118 Å². The smallest absolute Gasteiger partial charge is 0.330 e. The van der Waals surface area contributed by atoms with Gasteiger partial charge in [0.05, 0.1) is 42.9 Å². The maximum atomic E-state index is 11.1. The molecule has 5 rings (SSSR count). The number of benzene rings is 4. The molecule has 0 aliphatic rings. The molecular weight excluding hydrogens is 803 g/mol. The number of hydrazone groups is 1. The second-order valence-corrected chi connectivity index (χ2v) is 15.3. The molecule has 326 valence electrons. The van der Waals surface area contributed by atoms with Crippen molar-refractivity contribution in [3.05, 3.63) is 146 Å². The summed E-state index contributed by atoms with van der Waals surface area (Å²) in [5.74, 6) is 2.17. The molecule has 0 N–H and O–H groups in total. The maximum absolute atomic E-state index is 11.1. The Balaban J connectivity index is 1.17. The van der Waals surface area contributed by atoms with Gasteiger partial charge >= 0.3 is 11.9 Å². The van der Waals surface area contributed by atoms with Crippen molar-refractivity contribution >= 4 is 44.8 Å². The predicted molar refractivity (Wildman–Crippen MR) is 248 cm³/mol. The highest BCUT2D eigenvalue weighted by atomic mass is 32.1. The van der Waals surface area contributed by atoms with Crippen LogP contribution in [-0.2, 0) is 32.3 Å². The van der Waals surface area contributed by atoms with Crippen molar-refractivity contribution in [1.29, 1.82) is 0 Å². The van der Waals surface area contributed by atoms with Gasteiger partial charge in [-0.2, -0.15) is 5.10 Å². The summed E-state index contributed by atoms with van der Waals surface area (Å²) in [7, 11) is 0. The molecule has 0 aliphatic carbocycles. The first-order valence-electron chi connectivity index (χ1n) is 21.1. The van der Waals surface area contributed by atoms with E-state index in [1.54, 1.807) is 17.6 Å². The Morgan fingerprint density at radius 1 is 0.629 bits per heavy atom. The lowest BCUT2D eigenvalue weighted by atomic mass is 10.2. The van der Waals surface area contributed by atoms with Gasteiger partial charge in [-0.3, -0.25) is 0 Å². The van der Waals surface area contributed by atoms with E-state index in [-0.39, 0.29) is 11.9 Å². The molecule has 0 radical (unpaired) electrons. The molecule has 11 nitrogen and oxygen atoms in total. The Morgan fingerprint density at radius 2 is 1.18 bits per heavy atom. The molecule has 0 spiro atoms. The summed E-state index contributed by atoms with van der Waals surface area (Å²) in [6.07, 6.45) is 14.2. The molecule has 0 amide bonds. The second-order valence-electron chi connectivity index (χ2n) is 14.2. The third-order valence-electron chi connectivity index (χ3n) is 9.45. The number of hydrogen-bond acceptors (Lipinski definition) is 12. The van der Waals surface area contributed by atoms with E-state index in [0.717, 1.165) is 101 Å². The van der Waals surface area contributed by atoms with Crippen LogP contribution in [0.4, 0.5) is 5.13 Å². The van der Waals surface area contributed by atoms with Gasteiger partial charge in [0.2, 0.25) is 5.13 Å². The van der Waals surface area contributed by atoms with Crippen LogP contribution >= 0.6 is 11.3 Å². The van der Waals surface area contributed by atoms with E-state index in [2.05, 4.69) is 25.8 Å². The SMILES string of the molecule is C=CCCN(/N=C/c1cc(OCc2ccc(OCCCCCCOC(=O)C=C)cc2)ccc1OCc1ccc(OCCCCCCOC(=O)C=C)cc1)c1nc2ccccc2s1. The van der Waals surface area contributed by atoms with Gasteiger partial charge < -0.3 is 28.4 Å². The fraction of sp³-hybridized carbons (Fsp3) is 0.320. The van der Waals surface area contributed by atoms with Gasteiger partial charge in [-0.15, -0.1) is 6.58 Å². The van der Waals surface area contributed by atoms with Crippen LogP contribution in [0.2, 0.25) is 0 Å². The highest BCUT2D eigenvalue weighted by Gasteiger charge is 2.13. The average Bonchev–Trinajstić information content (AvgIpc) is 3.74. The standard InChI is InChI=1S/C50H57N3O8S/c1-4-7-30-53(50-52-45-18-12-13-19-47(45)62-50)51-36-41-35-44(60-37-39-20-24-42(25-21-39)56-31-14-8-10-16-33-58-48(54)5-2)28-29-46(41)61-38-40-22-26-43(27-23-40)57-32-15-9-11-17-34-59-49(55)6-3/h4-6,12-13,18-29,35-36H,1-3,7-11,14-17,30-34,37-38H2/b51-36+. The number of hydrogen-bond donors (Lipinski definition) is 0. The fourth-order valence-electron chi connectivity index (χ4n) is 6.02. The van der Waals surface area contributed by atoms with Crippen LogP contribution in [-0.4, -0.2) is 56.1 Å². The minimum absolute atomic E-state index is 0.345. The van der Waals surface area contributed by atoms with Gasteiger partial charge in [-0.1, -0.05) is 67.0 Å². The number of carbonyl (C=O) groups excluding carboxylic acids is 2. The van der Waals surface area contributed by atoms with Crippen LogP contribution in [0.1, 0.15) is 74.5 Å². The molecule has 0 unspecified atom stereocenters. The molecule has 0 bridgehead atoms. The predicted octanol–water partition coefficient (Wildman–Crippen LogP) is 11.2. The van der Waals surface area contributed by atoms with Crippen LogP contribution in [0, 0.1) is 0 Å². The largest absolute Gasteiger partial charge is 0.494 e. The van der Waals surface area contributed by atoms with Gasteiger partial charge in [0.1, 0.15) is 36.2 Å². The van der Waals surface area contributed by atoms with Crippen molar-refractivity contribution in [3.8, 4) is 23.0 Å². The molecule has 0 fully saturated rings. The zero-order chi connectivity index (χ0) is 43.6. The average molecular weight is 860 g/mol. The molecule has 1 aromatic heterocycles. The number of esters is 2. The Bertz CT molecular complexity index is 2150. The molecule has 0 atom stereocenters. The van der Waals surface area contributed by atoms with Gasteiger partial charge in [0.25, 0.3) is 0 Å². The lowest BCUT2D eigenvalue weighted by Gasteiger charge is -2.16. The lowest BCUT2D eigenvalue weighted by Crippen LogP contribution is -2.17. The van der Waals surface area contributed by atoms with Gasteiger partial charge in [0, 0.05) is 24.3 Å². The number of nitrogens with zero attached hydrogens (tertiary/aromatic N) is 3. The number of unbranched alkanes of at least 4 members (excludes halogenated alkanes) is 6. The quantitative estimate of drug-likeness (QED) is 0.0110. The van der Waals surface area contributed by atoms with Crippen molar-refractivity contribution in [1.82, 2.24) is 4.98 Å². The van der Waals surface area contributed by atoms with E-state index in [1.165, 1.54) is 12.2 Å². The number of ether oxygens (including phenoxy) is 6. The van der Waals surface area contributed by atoms with Gasteiger partial charge in [-0.25, -0.2) is 19.6 Å². The van der Waals surface area contributed by atoms with Crippen molar-refractivity contribution in [2.45, 2.75) is 71.0 Å². The summed E-state index contributed by atoms with van der Waals surface area (Å²) in [5, 5.41) is 7.61. The normalized spacial score (nSPS) is 10.9. The fourth-order valence-corrected chi connectivity index (χ4v) is 6.97. The van der Waals surface area contributed by atoms with Gasteiger partial charge in [-0.05, 0) is 124 Å². The summed E-state index contributed by atoms with van der Waals surface area (Å²) in [5.41, 5.74) is 3.69. The summed E-state index contributed by atoms with van der Waals surface area (Å²) in [4.78, 5) is 27.1. The zero-order valence-electron chi connectivity index (χ0n) is 35.4. The van der Waals surface area contributed by atoms with Crippen LogP contribution in [0.15, 0.2) is 134 Å². The van der Waals surface area contributed by atoms with E-state index in [9.17, 15) is 9.59 Å². The van der Waals surface area contributed by atoms with E-state index >= 15 is 0 Å². The molecule has 5 aromatic rings. The number of fused-ring (bicyclic) bond motifs is 1. The minimum atomic E-state index is -0.382. The van der Waals surface area contributed by atoms with Crippen LogP contribution < -0.4 is 24.0 Å². The number of para-hydroxylation sites is 1. The van der Waals surface area contributed by atoms with Crippen molar-refractivity contribution < 1.29 is 38.0 Å². The molecule has 4 aromatic carbocycles. The number of rotatable bonds is 30. The summed E-state index contributed by atoms with van der Waals surface area (Å²) < 4.78 is 35.7. The molecule has 0 aliphatic heterocycles. The van der Waals surface area contributed by atoms with Gasteiger partial charge in [0.15, 0.2) is 0 Å². The zero-order valence-corrected chi connectivity index (χ0v) is 36.2.